The lowest BCUT2D eigenvalue weighted by Gasteiger charge is -2.52. The van der Waals surface area contributed by atoms with Gasteiger partial charge in [0.05, 0.1) is 7.11 Å². The number of ketones is 1. The molecular formula is C14H25NO4. The fraction of sp³-hybridized carbons (Fsp3) is 0.857. The van der Waals surface area contributed by atoms with Crippen LogP contribution in [0.5, 0.6) is 0 Å². The van der Waals surface area contributed by atoms with Crippen LogP contribution in [-0.2, 0) is 19.2 Å². The monoisotopic (exact) mass is 271 g/mol. The molecular weight excluding hydrogens is 246 g/mol. The number of esters is 1. The summed E-state index contributed by atoms with van der Waals surface area (Å²) in [4.78, 5) is 29.5. The highest BCUT2D eigenvalue weighted by molar-refractivity contribution is 5.82. The van der Waals surface area contributed by atoms with Crippen molar-refractivity contribution in [1.82, 2.24) is 5.06 Å². The molecule has 0 aromatic heterocycles. The third-order valence-corrected chi connectivity index (χ3v) is 3.36. The Morgan fingerprint density at radius 2 is 1.58 bits per heavy atom. The van der Waals surface area contributed by atoms with E-state index in [1.54, 1.807) is 18.9 Å². The number of hydroxylamine groups is 2. The molecule has 110 valence electrons. The molecule has 0 aliphatic carbocycles. The van der Waals surface area contributed by atoms with Crippen molar-refractivity contribution < 1.29 is 19.2 Å². The lowest BCUT2D eigenvalue weighted by Crippen LogP contribution is -2.63. The summed E-state index contributed by atoms with van der Waals surface area (Å²) in [7, 11) is 1.34. The topological polar surface area (TPSA) is 55.8 Å². The molecule has 0 spiro atoms. The smallest absolute Gasteiger partial charge is 0.339 e. The van der Waals surface area contributed by atoms with Crippen LogP contribution >= 0.6 is 0 Å². The number of hydrogen-bond donors (Lipinski definition) is 0. The number of ether oxygens (including phenoxy) is 1. The van der Waals surface area contributed by atoms with Crippen molar-refractivity contribution >= 4 is 11.8 Å². The number of carbonyl (C=O) groups excluding carboxylic acids is 2. The van der Waals surface area contributed by atoms with Crippen LogP contribution in [0.4, 0.5) is 0 Å². The highest BCUT2D eigenvalue weighted by atomic mass is 16.7. The summed E-state index contributed by atoms with van der Waals surface area (Å²) in [6.45, 7) is 11.1. The zero-order valence-electron chi connectivity index (χ0n) is 13.0. The Bertz CT molecular complexity index is 365. The third-order valence-electron chi connectivity index (χ3n) is 3.36. The minimum Gasteiger partial charge on any atom is -0.467 e. The van der Waals surface area contributed by atoms with Crippen molar-refractivity contribution in [2.75, 3.05) is 7.11 Å². The van der Waals surface area contributed by atoms with E-state index in [-0.39, 0.29) is 5.78 Å². The van der Waals surface area contributed by atoms with Gasteiger partial charge in [0.15, 0.2) is 5.60 Å². The number of nitrogens with zero attached hydrogens (tertiary/aromatic N) is 1. The minimum absolute atomic E-state index is 0.214. The standard InChI is InChI=1S/C14H25NO4/c1-12(2)8-10(16)9-13(3,4)15(12)19-14(5,6)11(17)18-7/h8-9H2,1-7H3. The molecule has 0 aromatic rings. The van der Waals surface area contributed by atoms with E-state index in [0.717, 1.165) is 0 Å². The first kappa shape index (κ1) is 16.1. The molecule has 1 rings (SSSR count). The summed E-state index contributed by atoms with van der Waals surface area (Å²) in [5, 5.41) is 1.78. The highest BCUT2D eigenvalue weighted by Crippen LogP contribution is 2.38. The van der Waals surface area contributed by atoms with Crippen LogP contribution in [0, 0.1) is 0 Å². The average Bonchev–Trinajstić information content (AvgIpc) is 2.20. The lowest BCUT2D eigenvalue weighted by molar-refractivity contribution is -0.318. The highest BCUT2D eigenvalue weighted by Gasteiger charge is 2.49. The Labute approximate surface area is 115 Å². The van der Waals surface area contributed by atoms with E-state index >= 15 is 0 Å². The largest absolute Gasteiger partial charge is 0.467 e. The van der Waals surface area contributed by atoms with E-state index in [9.17, 15) is 9.59 Å². The number of carbonyl (C=O) groups is 2. The summed E-state index contributed by atoms with van der Waals surface area (Å²) in [6, 6.07) is 0. The summed E-state index contributed by atoms with van der Waals surface area (Å²) in [5.74, 6) is -0.221. The first-order valence-corrected chi connectivity index (χ1v) is 6.52. The van der Waals surface area contributed by atoms with Crippen LogP contribution in [-0.4, -0.2) is 40.6 Å². The first-order chi connectivity index (χ1) is 8.42. The fourth-order valence-corrected chi connectivity index (χ4v) is 2.75. The van der Waals surface area contributed by atoms with Gasteiger partial charge in [-0.15, -0.1) is 0 Å². The van der Waals surface area contributed by atoms with Gasteiger partial charge in [-0.2, -0.15) is 5.06 Å². The molecule has 1 fully saturated rings. The summed E-state index contributed by atoms with van der Waals surface area (Å²) < 4.78 is 4.76. The normalized spacial score (nSPS) is 23.2. The van der Waals surface area contributed by atoms with E-state index in [2.05, 4.69) is 0 Å². The van der Waals surface area contributed by atoms with Gasteiger partial charge in [-0.25, -0.2) is 4.79 Å². The zero-order valence-corrected chi connectivity index (χ0v) is 13.0. The predicted octanol–water partition coefficient (Wildman–Crippen LogP) is 2.09. The third kappa shape index (κ3) is 3.34. The van der Waals surface area contributed by atoms with Gasteiger partial charge < -0.3 is 4.74 Å². The van der Waals surface area contributed by atoms with Gasteiger partial charge in [0.2, 0.25) is 0 Å². The van der Waals surface area contributed by atoms with Crippen molar-refractivity contribution in [2.45, 2.75) is 71.1 Å². The minimum atomic E-state index is -1.08. The first-order valence-electron chi connectivity index (χ1n) is 6.52. The molecule has 1 aliphatic rings. The van der Waals surface area contributed by atoms with Gasteiger partial charge in [-0.1, -0.05) is 0 Å². The maximum absolute atomic E-state index is 11.8. The number of piperidine rings is 1. The average molecular weight is 271 g/mol. The molecule has 0 unspecified atom stereocenters. The van der Waals surface area contributed by atoms with Crippen LogP contribution in [0.25, 0.3) is 0 Å². The lowest BCUT2D eigenvalue weighted by atomic mass is 9.81. The number of methoxy groups -OCH3 is 1. The number of Topliss-reactive ketones (excluding diaryl/α,β-unsaturated/α-hetero) is 1. The van der Waals surface area contributed by atoms with Crippen LogP contribution in [0.3, 0.4) is 0 Å². The summed E-state index contributed by atoms with van der Waals surface area (Å²) in [5.41, 5.74) is -1.99. The second-order valence-corrected chi connectivity index (χ2v) is 6.90. The quantitative estimate of drug-likeness (QED) is 0.736. The molecule has 1 saturated heterocycles. The van der Waals surface area contributed by atoms with Crippen LogP contribution in [0.15, 0.2) is 0 Å². The Hall–Kier alpha value is -0.940. The molecule has 0 radical (unpaired) electrons. The van der Waals surface area contributed by atoms with E-state index < -0.39 is 22.6 Å². The van der Waals surface area contributed by atoms with Crippen LogP contribution < -0.4 is 0 Å². The molecule has 5 heteroatoms. The molecule has 0 amide bonds. The molecule has 0 saturated carbocycles. The molecule has 0 aromatic carbocycles. The van der Waals surface area contributed by atoms with Crippen LogP contribution in [0.1, 0.15) is 54.4 Å². The van der Waals surface area contributed by atoms with Gasteiger partial charge in [0.25, 0.3) is 0 Å². The van der Waals surface area contributed by atoms with Crippen molar-refractivity contribution in [1.29, 1.82) is 0 Å². The maximum Gasteiger partial charge on any atom is 0.339 e. The summed E-state index contributed by atoms with van der Waals surface area (Å²) >= 11 is 0. The van der Waals surface area contributed by atoms with E-state index in [0.29, 0.717) is 12.8 Å². The fourth-order valence-electron chi connectivity index (χ4n) is 2.75. The van der Waals surface area contributed by atoms with E-state index in [4.69, 9.17) is 9.57 Å². The van der Waals surface area contributed by atoms with Gasteiger partial charge in [0.1, 0.15) is 5.78 Å². The Morgan fingerprint density at radius 1 is 1.16 bits per heavy atom. The predicted molar refractivity (Wildman–Crippen MR) is 71.4 cm³/mol. The molecule has 0 atom stereocenters. The Morgan fingerprint density at radius 3 is 1.95 bits per heavy atom. The van der Waals surface area contributed by atoms with Crippen LogP contribution in [0.2, 0.25) is 0 Å². The van der Waals surface area contributed by atoms with Gasteiger partial charge >= 0.3 is 5.97 Å². The van der Waals surface area contributed by atoms with E-state index in [1.807, 2.05) is 27.7 Å². The SMILES string of the molecule is COC(=O)C(C)(C)ON1C(C)(C)CC(=O)CC1(C)C. The second-order valence-electron chi connectivity index (χ2n) is 6.90. The Kier molecular flexibility index (Phi) is 4.13. The second kappa shape index (κ2) is 4.87. The number of hydrogen-bond acceptors (Lipinski definition) is 5. The maximum atomic E-state index is 11.8. The summed E-state index contributed by atoms with van der Waals surface area (Å²) in [6.07, 6.45) is 0.821. The molecule has 1 heterocycles. The molecule has 0 bridgehead atoms. The van der Waals surface area contributed by atoms with Crippen molar-refractivity contribution in [3.05, 3.63) is 0 Å². The van der Waals surface area contributed by atoms with Crippen molar-refractivity contribution in [3.8, 4) is 0 Å². The number of rotatable bonds is 3. The zero-order chi connectivity index (χ0) is 15.1. The van der Waals surface area contributed by atoms with Gasteiger partial charge in [0, 0.05) is 23.9 Å². The Balaban J connectivity index is 3.02. The van der Waals surface area contributed by atoms with Crippen molar-refractivity contribution in [2.24, 2.45) is 0 Å². The van der Waals surface area contributed by atoms with Gasteiger partial charge in [-0.05, 0) is 41.5 Å². The molecule has 1 aliphatic heterocycles. The molecule has 5 nitrogen and oxygen atoms in total. The van der Waals surface area contributed by atoms with Gasteiger partial charge in [-0.3, -0.25) is 9.63 Å². The van der Waals surface area contributed by atoms with Crippen molar-refractivity contribution in [3.63, 3.8) is 0 Å². The van der Waals surface area contributed by atoms with E-state index in [1.165, 1.54) is 7.11 Å². The molecule has 19 heavy (non-hydrogen) atoms. The molecule has 0 N–H and O–H groups in total.